The Morgan fingerprint density at radius 1 is 1.11 bits per heavy atom. The first-order chi connectivity index (χ1) is 13.1. The van der Waals surface area contributed by atoms with Crippen molar-refractivity contribution in [3.63, 3.8) is 0 Å². The predicted octanol–water partition coefficient (Wildman–Crippen LogP) is 3.85. The van der Waals surface area contributed by atoms with Crippen LogP contribution < -0.4 is 14.4 Å². The quantitative estimate of drug-likeness (QED) is 0.753. The predicted molar refractivity (Wildman–Crippen MR) is 108 cm³/mol. The average molecular weight is 389 g/mol. The van der Waals surface area contributed by atoms with Crippen LogP contribution >= 0.6 is 11.6 Å². The van der Waals surface area contributed by atoms with Crippen molar-refractivity contribution in [1.29, 1.82) is 0 Å². The maximum Gasteiger partial charge on any atom is 0.263 e. The third kappa shape index (κ3) is 4.66. The first-order valence-corrected chi connectivity index (χ1v) is 9.59. The van der Waals surface area contributed by atoms with Gasteiger partial charge in [0.15, 0.2) is 6.10 Å². The van der Waals surface area contributed by atoms with Gasteiger partial charge in [0.2, 0.25) is 0 Å². The number of piperazine rings is 1. The Kier molecular flexibility index (Phi) is 6.45. The molecule has 1 aliphatic heterocycles. The van der Waals surface area contributed by atoms with Gasteiger partial charge in [-0.15, -0.1) is 0 Å². The van der Waals surface area contributed by atoms with Crippen molar-refractivity contribution >= 4 is 23.2 Å². The van der Waals surface area contributed by atoms with Gasteiger partial charge in [0, 0.05) is 31.2 Å². The number of rotatable bonds is 6. The van der Waals surface area contributed by atoms with E-state index in [9.17, 15) is 4.79 Å². The minimum absolute atomic E-state index is 0.0251. The summed E-state index contributed by atoms with van der Waals surface area (Å²) in [6, 6.07) is 15.1. The fraction of sp³-hybridized carbons (Fsp3) is 0.381. The van der Waals surface area contributed by atoms with Gasteiger partial charge in [-0.25, -0.2) is 0 Å². The van der Waals surface area contributed by atoms with Crippen LogP contribution in [0.5, 0.6) is 11.5 Å². The van der Waals surface area contributed by atoms with Crippen LogP contribution in [0, 0.1) is 0 Å². The van der Waals surface area contributed by atoms with Gasteiger partial charge in [0.05, 0.1) is 12.8 Å². The van der Waals surface area contributed by atoms with E-state index in [2.05, 4.69) is 4.90 Å². The molecule has 1 atom stereocenters. The molecule has 144 valence electrons. The van der Waals surface area contributed by atoms with Crippen LogP contribution in [0.4, 0.5) is 5.69 Å². The monoisotopic (exact) mass is 388 g/mol. The van der Waals surface area contributed by atoms with Gasteiger partial charge in [-0.1, -0.05) is 36.7 Å². The van der Waals surface area contributed by atoms with E-state index in [0.29, 0.717) is 30.3 Å². The molecule has 1 amide bonds. The summed E-state index contributed by atoms with van der Waals surface area (Å²) >= 11 is 6.01. The lowest BCUT2D eigenvalue weighted by Crippen LogP contribution is -2.52. The molecule has 1 aliphatic rings. The van der Waals surface area contributed by atoms with Crippen molar-refractivity contribution in [3.05, 3.63) is 53.6 Å². The standard InChI is InChI=1S/C21H25ClN2O3/c1-3-19(27-17-8-6-7-16(22)15-17)21(25)24-13-11-23(12-14-24)18-9-4-5-10-20(18)26-2/h4-10,15,19H,3,11-14H2,1-2H3/t19-/m0/s1. The molecule has 0 spiro atoms. The Morgan fingerprint density at radius 3 is 2.52 bits per heavy atom. The number of hydrogen-bond acceptors (Lipinski definition) is 4. The molecule has 1 saturated heterocycles. The molecule has 0 unspecified atom stereocenters. The number of ether oxygens (including phenoxy) is 2. The van der Waals surface area contributed by atoms with Gasteiger partial charge in [0.1, 0.15) is 11.5 Å². The second-order valence-electron chi connectivity index (χ2n) is 6.46. The van der Waals surface area contributed by atoms with Crippen LogP contribution in [0.25, 0.3) is 0 Å². The van der Waals surface area contributed by atoms with E-state index in [-0.39, 0.29) is 5.91 Å². The Hall–Kier alpha value is -2.40. The molecule has 0 radical (unpaired) electrons. The van der Waals surface area contributed by atoms with Crippen molar-refractivity contribution in [1.82, 2.24) is 4.90 Å². The van der Waals surface area contributed by atoms with E-state index in [1.54, 1.807) is 19.2 Å². The maximum atomic E-state index is 12.9. The molecular weight excluding hydrogens is 364 g/mol. The fourth-order valence-corrected chi connectivity index (χ4v) is 3.46. The Bertz CT molecular complexity index is 776. The third-order valence-corrected chi connectivity index (χ3v) is 4.97. The molecular formula is C21H25ClN2O3. The lowest BCUT2D eigenvalue weighted by atomic mass is 10.2. The van der Waals surface area contributed by atoms with Gasteiger partial charge in [0.25, 0.3) is 5.91 Å². The summed E-state index contributed by atoms with van der Waals surface area (Å²) in [5.41, 5.74) is 1.06. The summed E-state index contributed by atoms with van der Waals surface area (Å²) in [5.74, 6) is 1.50. The second kappa shape index (κ2) is 9.00. The summed E-state index contributed by atoms with van der Waals surface area (Å²) in [6.45, 7) is 4.80. The highest BCUT2D eigenvalue weighted by atomic mass is 35.5. The molecule has 0 bridgehead atoms. The highest BCUT2D eigenvalue weighted by Crippen LogP contribution is 2.28. The van der Waals surface area contributed by atoms with Crippen molar-refractivity contribution in [3.8, 4) is 11.5 Å². The smallest absolute Gasteiger partial charge is 0.263 e. The number of carbonyl (C=O) groups excluding carboxylic acids is 1. The lowest BCUT2D eigenvalue weighted by Gasteiger charge is -2.37. The van der Waals surface area contributed by atoms with E-state index in [0.717, 1.165) is 24.5 Å². The normalized spacial score (nSPS) is 15.4. The molecule has 2 aromatic carbocycles. The summed E-state index contributed by atoms with van der Waals surface area (Å²) in [4.78, 5) is 17.0. The SMILES string of the molecule is CC[C@H](Oc1cccc(Cl)c1)C(=O)N1CCN(c2ccccc2OC)CC1. The molecule has 0 aromatic heterocycles. The summed E-state index contributed by atoms with van der Waals surface area (Å²) in [5, 5.41) is 0.597. The number of anilines is 1. The van der Waals surface area contributed by atoms with Crippen LogP contribution in [0.15, 0.2) is 48.5 Å². The van der Waals surface area contributed by atoms with E-state index in [1.165, 1.54) is 0 Å². The van der Waals surface area contributed by atoms with Gasteiger partial charge in [-0.3, -0.25) is 4.79 Å². The Morgan fingerprint density at radius 2 is 1.85 bits per heavy atom. The molecule has 0 aliphatic carbocycles. The van der Waals surface area contributed by atoms with Crippen LogP contribution in [-0.4, -0.2) is 50.2 Å². The largest absolute Gasteiger partial charge is 0.495 e. The van der Waals surface area contributed by atoms with E-state index < -0.39 is 6.10 Å². The Balaban J connectivity index is 1.61. The number of hydrogen-bond donors (Lipinski definition) is 0. The number of benzene rings is 2. The number of halogens is 1. The van der Waals surface area contributed by atoms with Gasteiger partial charge < -0.3 is 19.3 Å². The van der Waals surface area contributed by atoms with E-state index >= 15 is 0 Å². The first-order valence-electron chi connectivity index (χ1n) is 9.21. The molecule has 1 heterocycles. The number of para-hydroxylation sites is 2. The zero-order chi connectivity index (χ0) is 19.2. The second-order valence-corrected chi connectivity index (χ2v) is 6.89. The van der Waals surface area contributed by atoms with Crippen LogP contribution in [0.1, 0.15) is 13.3 Å². The minimum Gasteiger partial charge on any atom is -0.495 e. The zero-order valence-corrected chi connectivity index (χ0v) is 16.5. The molecule has 0 saturated carbocycles. The molecule has 6 heteroatoms. The summed E-state index contributed by atoms with van der Waals surface area (Å²) in [7, 11) is 1.68. The van der Waals surface area contributed by atoms with Crippen molar-refractivity contribution in [2.45, 2.75) is 19.4 Å². The number of carbonyl (C=O) groups is 1. The molecule has 5 nitrogen and oxygen atoms in total. The fourth-order valence-electron chi connectivity index (χ4n) is 3.28. The van der Waals surface area contributed by atoms with Gasteiger partial charge in [-0.05, 0) is 36.8 Å². The molecule has 3 rings (SSSR count). The van der Waals surface area contributed by atoms with Gasteiger partial charge in [-0.2, -0.15) is 0 Å². The topological polar surface area (TPSA) is 42.0 Å². The van der Waals surface area contributed by atoms with E-state index in [1.807, 2.05) is 48.2 Å². The zero-order valence-electron chi connectivity index (χ0n) is 15.7. The van der Waals surface area contributed by atoms with Crippen molar-refractivity contribution in [2.75, 3.05) is 38.2 Å². The summed E-state index contributed by atoms with van der Waals surface area (Å²) in [6.07, 6.45) is 0.110. The van der Waals surface area contributed by atoms with E-state index in [4.69, 9.17) is 21.1 Å². The number of amides is 1. The Labute approximate surface area is 165 Å². The van der Waals surface area contributed by atoms with Crippen LogP contribution in [-0.2, 0) is 4.79 Å². The maximum absolute atomic E-state index is 12.9. The van der Waals surface area contributed by atoms with Crippen molar-refractivity contribution in [2.24, 2.45) is 0 Å². The summed E-state index contributed by atoms with van der Waals surface area (Å²) < 4.78 is 11.3. The minimum atomic E-state index is -0.499. The first kappa shape index (κ1) is 19.4. The third-order valence-electron chi connectivity index (χ3n) is 4.74. The highest BCUT2D eigenvalue weighted by molar-refractivity contribution is 6.30. The molecule has 1 fully saturated rings. The average Bonchev–Trinajstić information content (AvgIpc) is 2.71. The van der Waals surface area contributed by atoms with Gasteiger partial charge >= 0.3 is 0 Å². The molecule has 2 aromatic rings. The lowest BCUT2D eigenvalue weighted by molar-refractivity contribution is -0.139. The number of methoxy groups -OCH3 is 1. The van der Waals surface area contributed by atoms with Crippen LogP contribution in [0.3, 0.4) is 0 Å². The van der Waals surface area contributed by atoms with Crippen molar-refractivity contribution < 1.29 is 14.3 Å². The molecule has 0 N–H and O–H groups in total. The number of nitrogens with zero attached hydrogens (tertiary/aromatic N) is 2. The molecule has 27 heavy (non-hydrogen) atoms. The van der Waals surface area contributed by atoms with Crippen LogP contribution in [0.2, 0.25) is 5.02 Å². The highest BCUT2D eigenvalue weighted by Gasteiger charge is 2.28.